The molecule has 2 amide bonds. The van der Waals surface area contributed by atoms with E-state index < -0.39 is 29.0 Å². The zero-order chi connectivity index (χ0) is 24.7. The van der Waals surface area contributed by atoms with Crippen LogP contribution in [0.5, 0.6) is 0 Å². The van der Waals surface area contributed by atoms with Gasteiger partial charge in [0, 0.05) is 24.1 Å². The topological polar surface area (TPSA) is 102 Å². The summed E-state index contributed by atoms with van der Waals surface area (Å²) in [5, 5.41) is 5.56. The zero-order valence-electron chi connectivity index (χ0n) is 18.9. The van der Waals surface area contributed by atoms with Crippen molar-refractivity contribution in [1.82, 2.24) is 14.5 Å². The van der Waals surface area contributed by atoms with Gasteiger partial charge in [-0.2, -0.15) is 0 Å². The second kappa shape index (κ2) is 9.18. The maximum Gasteiger partial charge on any atom is 0.332 e. The van der Waals surface area contributed by atoms with E-state index in [0.29, 0.717) is 12.0 Å². The smallest absolute Gasteiger partial charge is 0.332 e. The molecule has 35 heavy (non-hydrogen) atoms. The normalized spacial score (nSPS) is 18.5. The molecule has 180 valence electrons. The molecule has 3 heterocycles. The number of carbonyl (C=O) groups excluding carboxylic acids is 2. The fourth-order valence-electron chi connectivity index (χ4n) is 4.64. The summed E-state index contributed by atoms with van der Waals surface area (Å²) in [5.74, 6) is -1.45. The molecule has 0 radical (unpaired) electrons. The Morgan fingerprint density at radius 1 is 1.17 bits per heavy atom. The summed E-state index contributed by atoms with van der Waals surface area (Å²) < 4.78 is 16.1. The van der Waals surface area contributed by atoms with Crippen LogP contribution < -0.4 is 21.9 Å². The fraction of sp³-hybridized carbons (Fsp3) is 0.280. The number of rotatable bonds is 5. The van der Waals surface area contributed by atoms with E-state index in [0.717, 1.165) is 20.8 Å². The quantitative estimate of drug-likeness (QED) is 0.568. The molecular weight excluding hydrogens is 471 g/mol. The van der Waals surface area contributed by atoms with Gasteiger partial charge in [0.25, 0.3) is 5.56 Å². The molecule has 1 aromatic heterocycles. The number of thioether (sulfide) groups is 1. The van der Waals surface area contributed by atoms with E-state index >= 15 is 0 Å². The molecule has 0 spiro atoms. The van der Waals surface area contributed by atoms with Gasteiger partial charge in [-0.25, -0.2) is 9.18 Å². The molecule has 2 aliphatic heterocycles. The van der Waals surface area contributed by atoms with Gasteiger partial charge in [-0.3, -0.25) is 23.5 Å². The molecule has 5 rings (SSSR count). The third-order valence-electron chi connectivity index (χ3n) is 6.40. The minimum absolute atomic E-state index is 0.105. The van der Waals surface area contributed by atoms with E-state index in [-0.39, 0.29) is 36.2 Å². The molecule has 2 N–H and O–H groups in total. The summed E-state index contributed by atoms with van der Waals surface area (Å²) in [4.78, 5) is 52.6. The molecule has 3 aromatic rings. The monoisotopic (exact) mass is 494 g/mol. The van der Waals surface area contributed by atoms with Crippen LogP contribution in [0.25, 0.3) is 0 Å². The maximum atomic E-state index is 13.8. The highest BCUT2D eigenvalue weighted by molar-refractivity contribution is 7.99. The van der Waals surface area contributed by atoms with Crippen molar-refractivity contribution in [3.63, 3.8) is 0 Å². The van der Waals surface area contributed by atoms with Crippen LogP contribution in [0.3, 0.4) is 0 Å². The second-order valence-corrected chi connectivity index (χ2v) is 9.80. The van der Waals surface area contributed by atoms with Crippen LogP contribution in [0.4, 0.5) is 10.2 Å². The molecule has 0 unspecified atom stereocenters. The SMILES string of the molecule is Cn1c(=O)c2c(n(Cc3ccccc3)c1=O)NC(=O)[C@@H]2CC(=O)N[C@@H]1CCSc2ccc(F)cc21. The molecule has 0 saturated heterocycles. The third kappa shape index (κ3) is 4.29. The molecule has 10 heteroatoms. The Morgan fingerprint density at radius 3 is 2.71 bits per heavy atom. The molecule has 0 fully saturated rings. The molecule has 8 nitrogen and oxygen atoms in total. The van der Waals surface area contributed by atoms with Gasteiger partial charge >= 0.3 is 5.69 Å². The largest absolute Gasteiger partial charge is 0.349 e. The highest BCUT2D eigenvalue weighted by atomic mass is 32.2. The van der Waals surface area contributed by atoms with Crippen LogP contribution in [0.15, 0.2) is 63.0 Å². The van der Waals surface area contributed by atoms with Crippen molar-refractivity contribution in [2.75, 3.05) is 11.1 Å². The minimum Gasteiger partial charge on any atom is -0.349 e. The lowest BCUT2D eigenvalue weighted by Crippen LogP contribution is -2.40. The predicted molar refractivity (Wildman–Crippen MR) is 130 cm³/mol. The summed E-state index contributed by atoms with van der Waals surface area (Å²) in [7, 11) is 1.36. The van der Waals surface area contributed by atoms with E-state index in [1.165, 1.54) is 23.7 Å². The fourth-order valence-corrected chi connectivity index (χ4v) is 5.74. The van der Waals surface area contributed by atoms with E-state index in [9.17, 15) is 23.6 Å². The van der Waals surface area contributed by atoms with Crippen LogP contribution in [-0.4, -0.2) is 26.7 Å². The lowest BCUT2D eigenvalue weighted by molar-refractivity contribution is -0.125. The van der Waals surface area contributed by atoms with Crippen molar-refractivity contribution < 1.29 is 14.0 Å². The molecule has 2 aliphatic rings. The number of nitrogens with zero attached hydrogens (tertiary/aromatic N) is 2. The Hall–Kier alpha value is -3.66. The van der Waals surface area contributed by atoms with E-state index in [1.807, 2.05) is 30.3 Å². The summed E-state index contributed by atoms with van der Waals surface area (Å²) in [6, 6.07) is 13.3. The number of benzene rings is 2. The summed E-state index contributed by atoms with van der Waals surface area (Å²) in [6.07, 6.45) is 0.366. The molecule has 2 atom stereocenters. The number of carbonyl (C=O) groups is 2. The van der Waals surface area contributed by atoms with Gasteiger partial charge in [0.15, 0.2) is 0 Å². The van der Waals surface area contributed by atoms with E-state index in [4.69, 9.17) is 0 Å². The van der Waals surface area contributed by atoms with Crippen LogP contribution in [0, 0.1) is 5.82 Å². The van der Waals surface area contributed by atoms with Crippen molar-refractivity contribution in [1.29, 1.82) is 0 Å². The molecular formula is C25H23FN4O4S. The number of amides is 2. The molecule has 0 aliphatic carbocycles. The van der Waals surface area contributed by atoms with Crippen LogP contribution in [0.2, 0.25) is 0 Å². The van der Waals surface area contributed by atoms with E-state index in [2.05, 4.69) is 10.6 Å². The number of nitrogens with one attached hydrogen (secondary N) is 2. The number of fused-ring (bicyclic) bond motifs is 2. The highest BCUT2D eigenvalue weighted by Crippen LogP contribution is 2.37. The molecule has 0 bridgehead atoms. The van der Waals surface area contributed by atoms with Gasteiger partial charge in [-0.05, 0) is 35.7 Å². The van der Waals surface area contributed by atoms with Crippen molar-refractivity contribution in [3.8, 4) is 0 Å². The lowest BCUT2D eigenvalue weighted by Gasteiger charge is -2.26. The molecule has 0 saturated carbocycles. The Bertz CT molecular complexity index is 1450. The van der Waals surface area contributed by atoms with Crippen molar-refractivity contribution in [2.24, 2.45) is 7.05 Å². The lowest BCUT2D eigenvalue weighted by atomic mass is 9.97. The Balaban J connectivity index is 1.43. The summed E-state index contributed by atoms with van der Waals surface area (Å²) in [6.45, 7) is 0.164. The highest BCUT2D eigenvalue weighted by Gasteiger charge is 2.38. The molecule has 2 aromatic carbocycles. The zero-order valence-corrected chi connectivity index (χ0v) is 19.7. The predicted octanol–water partition coefficient (Wildman–Crippen LogP) is 2.51. The Kier molecular flexibility index (Phi) is 6.06. The standard InChI is InChI=1S/C25H23FN4O4S/c1-29-24(33)21-17(12-20(31)27-18-9-10-35-19-8-7-15(26)11-16(18)19)23(32)28-22(21)30(25(29)34)13-14-5-3-2-4-6-14/h2-8,11,17-18H,9-10,12-13H2,1H3,(H,27,31)(H,28,32)/t17-,18-/m1/s1. The minimum atomic E-state index is -1.03. The second-order valence-electron chi connectivity index (χ2n) is 8.67. The van der Waals surface area contributed by atoms with Crippen molar-refractivity contribution in [3.05, 3.63) is 91.9 Å². The third-order valence-corrected chi connectivity index (χ3v) is 7.53. The van der Waals surface area contributed by atoms with Crippen molar-refractivity contribution >= 4 is 29.4 Å². The Labute approximate surface area is 204 Å². The van der Waals surface area contributed by atoms with Crippen LogP contribution in [-0.2, 0) is 23.2 Å². The average molecular weight is 495 g/mol. The Morgan fingerprint density at radius 2 is 1.94 bits per heavy atom. The number of hydrogen-bond acceptors (Lipinski definition) is 5. The van der Waals surface area contributed by atoms with Crippen molar-refractivity contribution in [2.45, 2.75) is 36.2 Å². The first-order valence-electron chi connectivity index (χ1n) is 11.2. The van der Waals surface area contributed by atoms with Gasteiger partial charge in [0.05, 0.1) is 24.1 Å². The van der Waals surface area contributed by atoms with Crippen LogP contribution >= 0.6 is 11.8 Å². The van der Waals surface area contributed by atoms with Gasteiger partial charge in [0.2, 0.25) is 11.8 Å². The number of aromatic nitrogens is 2. The van der Waals surface area contributed by atoms with Gasteiger partial charge in [0.1, 0.15) is 11.6 Å². The number of hydrogen-bond donors (Lipinski definition) is 2. The van der Waals surface area contributed by atoms with Gasteiger partial charge < -0.3 is 10.6 Å². The average Bonchev–Trinajstić information content (AvgIpc) is 3.17. The maximum absolute atomic E-state index is 13.8. The van der Waals surface area contributed by atoms with Gasteiger partial charge in [-0.1, -0.05) is 30.3 Å². The number of halogens is 1. The number of anilines is 1. The van der Waals surface area contributed by atoms with Crippen LogP contribution in [0.1, 0.15) is 41.5 Å². The first-order chi connectivity index (χ1) is 16.8. The summed E-state index contributed by atoms with van der Waals surface area (Å²) >= 11 is 1.60. The van der Waals surface area contributed by atoms with E-state index in [1.54, 1.807) is 17.8 Å². The first-order valence-corrected chi connectivity index (χ1v) is 12.2. The van der Waals surface area contributed by atoms with Gasteiger partial charge in [-0.15, -0.1) is 11.8 Å². The first kappa shape index (κ1) is 23.1. The summed E-state index contributed by atoms with van der Waals surface area (Å²) in [5.41, 5.74) is 0.479.